The summed E-state index contributed by atoms with van der Waals surface area (Å²) in [5.41, 5.74) is 2.73. The van der Waals surface area contributed by atoms with Gasteiger partial charge in [0.15, 0.2) is 0 Å². The van der Waals surface area contributed by atoms with Gasteiger partial charge >= 0.3 is 0 Å². The largest absolute Gasteiger partial charge is 0.457 e. The van der Waals surface area contributed by atoms with Crippen molar-refractivity contribution in [1.29, 1.82) is 0 Å². The Hall–Kier alpha value is -3.87. The number of piperidine rings is 1. The van der Waals surface area contributed by atoms with Crippen LogP contribution in [0.15, 0.2) is 67.1 Å². The van der Waals surface area contributed by atoms with Gasteiger partial charge in [-0.05, 0) is 49.6 Å². The Morgan fingerprint density at radius 3 is 2.66 bits per heavy atom. The molecule has 0 radical (unpaired) electrons. The number of nitrogens with one attached hydrogen (secondary N) is 2. The van der Waals surface area contributed by atoms with Gasteiger partial charge in [0.2, 0.25) is 5.91 Å². The molecule has 7 nitrogen and oxygen atoms in total. The molecule has 7 heteroatoms. The number of carbonyl (C=O) groups is 1. The van der Waals surface area contributed by atoms with Crippen LogP contribution in [0.4, 0.5) is 11.5 Å². The van der Waals surface area contributed by atoms with Crippen LogP contribution < -0.4 is 15.0 Å². The minimum absolute atomic E-state index is 0.0328. The number of nitrogens with zero attached hydrogens (tertiary/aromatic N) is 3. The maximum atomic E-state index is 12.9. The third-order valence-electron chi connectivity index (χ3n) is 5.89. The van der Waals surface area contributed by atoms with Gasteiger partial charge in [-0.15, -0.1) is 0 Å². The first-order valence-corrected chi connectivity index (χ1v) is 10.8. The van der Waals surface area contributed by atoms with Crippen molar-refractivity contribution in [2.24, 2.45) is 5.92 Å². The van der Waals surface area contributed by atoms with Gasteiger partial charge in [0.05, 0.1) is 5.39 Å². The molecule has 0 spiro atoms. The molecule has 32 heavy (non-hydrogen) atoms. The monoisotopic (exact) mass is 427 g/mol. The highest BCUT2D eigenvalue weighted by molar-refractivity contribution is 5.93. The van der Waals surface area contributed by atoms with Gasteiger partial charge in [-0.2, -0.15) is 0 Å². The smallest absolute Gasteiger partial charge is 0.227 e. The first-order valence-electron chi connectivity index (χ1n) is 10.8. The normalized spacial score (nSPS) is 14.5. The Labute approximate surface area is 186 Å². The summed E-state index contributed by atoms with van der Waals surface area (Å²) in [5, 5.41) is 4.12. The molecule has 0 atom stereocenters. The fourth-order valence-electron chi connectivity index (χ4n) is 4.20. The lowest BCUT2D eigenvalue weighted by Crippen LogP contribution is -2.38. The number of aromatic amines is 1. The maximum absolute atomic E-state index is 12.9. The highest BCUT2D eigenvalue weighted by Gasteiger charge is 2.27. The summed E-state index contributed by atoms with van der Waals surface area (Å²) in [6.07, 6.45) is 5.11. The zero-order valence-corrected chi connectivity index (χ0v) is 17.9. The van der Waals surface area contributed by atoms with E-state index in [1.165, 1.54) is 0 Å². The van der Waals surface area contributed by atoms with E-state index < -0.39 is 0 Å². The molecule has 0 unspecified atom stereocenters. The highest BCUT2D eigenvalue weighted by Crippen LogP contribution is 2.30. The third kappa shape index (κ3) is 4.14. The number of hydrogen-bond acceptors (Lipinski definition) is 5. The van der Waals surface area contributed by atoms with Crippen molar-refractivity contribution in [2.75, 3.05) is 23.3 Å². The SMILES string of the molecule is Cc1c[nH]c2ncnc(N3CCC(C(=O)Nc4cccc(Oc5ccccc5)c4)CC3)c12. The zero-order chi connectivity index (χ0) is 21.9. The molecule has 1 amide bonds. The second-order valence-electron chi connectivity index (χ2n) is 8.09. The van der Waals surface area contributed by atoms with E-state index in [0.717, 1.165) is 59.8 Å². The molecule has 2 N–H and O–H groups in total. The molecule has 2 aromatic heterocycles. The van der Waals surface area contributed by atoms with Gasteiger partial charge in [-0.25, -0.2) is 9.97 Å². The number of H-pyrrole nitrogens is 1. The zero-order valence-electron chi connectivity index (χ0n) is 17.9. The van der Waals surface area contributed by atoms with E-state index in [1.54, 1.807) is 6.33 Å². The Morgan fingerprint density at radius 2 is 1.84 bits per heavy atom. The van der Waals surface area contributed by atoms with Crippen LogP contribution in [0.3, 0.4) is 0 Å². The Morgan fingerprint density at radius 1 is 1.06 bits per heavy atom. The van der Waals surface area contributed by atoms with Crippen molar-refractivity contribution in [2.45, 2.75) is 19.8 Å². The first kappa shape index (κ1) is 20.1. The van der Waals surface area contributed by atoms with E-state index >= 15 is 0 Å². The molecule has 1 saturated heterocycles. The molecule has 5 rings (SSSR count). The number of aryl methyl sites for hydroxylation is 1. The van der Waals surface area contributed by atoms with Crippen LogP contribution in [0.5, 0.6) is 11.5 Å². The summed E-state index contributed by atoms with van der Waals surface area (Å²) in [5.74, 6) is 2.42. The summed E-state index contributed by atoms with van der Waals surface area (Å²) >= 11 is 0. The van der Waals surface area contributed by atoms with E-state index in [0.29, 0.717) is 5.75 Å². The minimum atomic E-state index is -0.0328. The second kappa shape index (κ2) is 8.70. The molecule has 2 aromatic carbocycles. The Balaban J connectivity index is 1.21. The van der Waals surface area contributed by atoms with Crippen LogP contribution in [0, 0.1) is 12.8 Å². The molecule has 0 aliphatic carbocycles. The number of benzene rings is 2. The van der Waals surface area contributed by atoms with Gasteiger partial charge in [0.25, 0.3) is 0 Å². The predicted octanol–water partition coefficient (Wildman–Crippen LogP) is 4.91. The lowest BCUT2D eigenvalue weighted by molar-refractivity contribution is -0.120. The molecule has 1 aliphatic heterocycles. The van der Waals surface area contributed by atoms with Crippen molar-refractivity contribution < 1.29 is 9.53 Å². The van der Waals surface area contributed by atoms with Crippen molar-refractivity contribution in [3.8, 4) is 11.5 Å². The molecule has 0 saturated carbocycles. The number of rotatable bonds is 5. The average Bonchev–Trinajstić information content (AvgIpc) is 3.21. The summed E-state index contributed by atoms with van der Waals surface area (Å²) in [7, 11) is 0. The number of para-hydroxylation sites is 1. The van der Waals surface area contributed by atoms with Gasteiger partial charge in [0, 0.05) is 37.0 Å². The predicted molar refractivity (Wildman–Crippen MR) is 125 cm³/mol. The van der Waals surface area contributed by atoms with Gasteiger partial charge in [-0.1, -0.05) is 24.3 Å². The Kier molecular flexibility index (Phi) is 5.46. The van der Waals surface area contributed by atoms with E-state index in [1.807, 2.05) is 60.8 Å². The number of fused-ring (bicyclic) bond motifs is 1. The van der Waals surface area contributed by atoms with Crippen molar-refractivity contribution in [1.82, 2.24) is 15.0 Å². The standard InChI is InChI=1S/C25H25N5O2/c1-17-15-26-23-22(17)24(28-16-27-23)30-12-10-18(11-13-30)25(31)29-19-6-5-9-21(14-19)32-20-7-3-2-4-8-20/h2-9,14-16,18H,10-13H2,1H3,(H,29,31)(H,26,27,28). The van der Waals surface area contributed by atoms with E-state index in [-0.39, 0.29) is 11.8 Å². The van der Waals surface area contributed by atoms with E-state index in [2.05, 4.69) is 32.1 Å². The van der Waals surface area contributed by atoms with Crippen LogP contribution in [-0.4, -0.2) is 33.9 Å². The molecular weight excluding hydrogens is 402 g/mol. The van der Waals surface area contributed by atoms with Crippen LogP contribution in [0.2, 0.25) is 0 Å². The maximum Gasteiger partial charge on any atom is 0.227 e. The van der Waals surface area contributed by atoms with Gasteiger partial charge in [-0.3, -0.25) is 4.79 Å². The number of amides is 1. The van der Waals surface area contributed by atoms with Crippen LogP contribution in [0.25, 0.3) is 11.0 Å². The fraction of sp³-hybridized carbons (Fsp3) is 0.240. The van der Waals surface area contributed by atoms with Crippen LogP contribution >= 0.6 is 0 Å². The average molecular weight is 428 g/mol. The second-order valence-corrected chi connectivity index (χ2v) is 8.09. The quantitative estimate of drug-likeness (QED) is 0.473. The fourth-order valence-corrected chi connectivity index (χ4v) is 4.20. The summed E-state index contributed by atoms with van der Waals surface area (Å²) < 4.78 is 5.87. The van der Waals surface area contributed by atoms with E-state index in [9.17, 15) is 4.79 Å². The van der Waals surface area contributed by atoms with Crippen LogP contribution in [0.1, 0.15) is 18.4 Å². The van der Waals surface area contributed by atoms with E-state index in [4.69, 9.17) is 4.74 Å². The molecular formula is C25H25N5O2. The number of aromatic nitrogens is 3. The molecule has 3 heterocycles. The highest BCUT2D eigenvalue weighted by atomic mass is 16.5. The molecule has 4 aromatic rings. The lowest BCUT2D eigenvalue weighted by atomic mass is 9.95. The first-order chi connectivity index (χ1) is 15.7. The van der Waals surface area contributed by atoms with Gasteiger partial charge in [0.1, 0.15) is 29.3 Å². The Bertz CT molecular complexity index is 1230. The van der Waals surface area contributed by atoms with Gasteiger partial charge < -0.3 is 19.9 Å². The van der Waals surface area contributed by atoms with Crippen molar-refractivity contribution in [3.05, 3.63) is 72.7 Å². The number of ether oxygens (including phenoxy) is 1. The molecule has 1 aliphatic rings. The number of anilines is 2. The summed E-state index contributed by atoms with van der Waals surface area (Å²) in [6, 6.07) is 17.1. The molecule has 0 bridgehead atoms. The van der Waals surface area contributed by atoms with Crippen molar-refractivity contribution in [3.63, 3.8) is 0 Å². The number of carbonyl (C=O) groups excluding carboxylic acids is 1. The third-order valence-corrected chi connectivity index (χ3v) is 5.89. The molecule has 162 valence electrons. The summed E-state index contributed by atoms with van der Waals surface area (Å²) in [4.78, 5) is 27.2. The topological polar surface area (TPSA) is 83.1 Å². The van der Waals surface area contributed by atoms with Crippen molar-refractivity contribution >= 4 is 28.4 Å². The minimum Gasteiger partial charge on any atom is -0.457 e. The van der Waals surface area contributed by atoms with Crippen LogP contribution in [-0.2, 0) is 4.79 Å². The summed E-state index contributed by atoms with van der Waals surface area (Å²) in [6.45, 7) is 3.62. The lowest BCUT2D eigenvalue weighted by Gasteiger charge is -2.32. The molecule has 1 fully saturated rings. The number of hydrogen-bond donors (Lipinski definition) is 2.